The number of anilines is 1. The molecule has 0 radical (unpaired) electrons. The highest BCUT2D eigenvalue weighted by Crippen LogP contribution is 2.39. The van der Waals surface area contributed by atoms with Crippen molar-refractivity contribution in [3.05, 3.63) is 55.9 Å². The Bertz CT molecular complexity index is 810. The van der Waals surface area contributed by atoms with Gasteiger partial charge in [-0.05, 0) is 37.0 Å². The number of carboxylic acids is 1. The van der Waals surface area contributed by atoms with Crippen LogP contribution >= 0.6 is 11.3 Å². The van der Waals surface area contributed by atoms with Crippen LogP contribution in [-0.4, -0.2) is 21.9 Å². The van der Waals surface area contributed by atoms with E-state index in [1.807, 2.05) is 0 Å². The molecule has 1 heterocycles. The van der Waals surface area contributed by atoms with E-state index in [9.17, 15) is 24.8 Å². The van der Waals surface area contributed by atoms with E-state index in [4.69, 9.17) is 0 Å². The lowest BCUT2D eigenvalue weighted by molar-refractivity contribution is -0.384. The predicted octanol–water partition coefficient (Wildman–Crippen LogP) is 3.10. The van der Waals surface area contributed by atoms with Crippen LogP contribution in [0.3, 0.4) is 0 Å². The third kappa shape index (κ3) is 2.80. The molecule has 8 heteroatoms. The van der Waals surface area contributed by atoms with Crippen molar-refractivity contribution in [1.82, 2.24) is 0 Å². The lowest BCUT2D eigenvalue weighted by Crippen LogP contribution is -2.13. The van der Waals surface area contributed by atoms with Crippen LogP contribution in [-0.2, 0) is 12.8 Å². The first-order valence-electron chi connectivity index (χ1n) is 6.91. The van der Waals surface area contributed by atoms with E-state index in [-0.39, 0.29) is 16.8 Å². The lowest BCUT2D eigenvalue weighted by atomic mass is 10.1. The zero-order chi connectivity index (χ0) is 16.6. The van der Waals surface area contributed by atoms with Gasteiger partial charge < -0.3 is 10.4 Å². The monoisotopic (exact) mass is 332 g/mol. The number of carboxylic acid groups (broad SMARTS) is 1. The van der Waals surface area contributed by atoms with Crippen molar-refractivity contribution < 1.29 is 19.6 Å². The fourth-order valence-corrected chi connectivity index (χ4v) is 3.90. The van der Waals surface area contributed by atoms with Gasteiger partial charge in [-0.1, -0.05) is 0 Å². The van der Waals surface area contributed by atoms with E-state index in [0.717, 1.165) is 23.3 Å². The van der Waals surface area contributed by atoms with E-state index >= 15 is 0 Å². The minimum absolute atomic E-state index is 0.108. The van der Waals surface area contributed by atoms with Gasteiger partial charge in [0.25, 0.3) is 11.6 Å². The number of nitro benzene ring substituents is 1. The van der Waals surface area contributed by atoms with Crippen molar-refractivity contribution in [3.8, 4) is 0 Å². The number of hydrogen-bond acceptors (Lipinski definition) is 5. The van der Waals surface area contributed by atoms with Gasteiger partial charge in [0, 0.05) is 22.6 Å². The van der Waals surface area contributed by atoms with Gasteiger partial charge in [-0.3, -0.25) is 14.9 Å². The molecule has 3 rings (SSSR count). The van der Waals surface area contributed by atoms with E-state index < -0.39 is 16.8 Å². The second-order valence-corrected chi connectivity index (χ2v) is 6.23. The maximum atomic E-state index is 12.2. The average Bonchev–Trinajstić information content (AvgIpc) is 3.07. The van der Waals surface area contributed by atoms with E-state index in [1.54, 1.807) is 0 Å². The molecule has 23 heavy (non-hydrogen) atoms. The number of nitrogens with one attached hydrogen (secondary N) is 1. The second-order valence-electron chi connectivity index (χ2n) is 5.12. The van der Waals surface area contributed by atoms with Crippen LogP contribution in [0.5, 0.6) is 0 Å². The largest absolute Gasteiger partial charge is 0.478 e. The summed E-state index contributed by atoms with van der Waals surface area (Å²) in [5, 5.41) is 22.9. The number of benzene rings is 1. The number of carbonyl (C=O) groups excluding carboxylic acids is 1. The molecule has 0 saturated carbocycles. The number of hydrogen-bond donors (Lipinski definition) is 2. The SMILES string of the molecule is O=C(Nc1sc2c(c1C(=O)O)CCC2)c1ccc([N+](=O)[O-])cc1. The number of amides is 1. The van der Waals surface area contributed by atoms with Crippen molar-refractivity contribution in [2.45, 2.75) is 19.3 Å². The molecular formula is C15H12N2O5S. The van der Waals surface area contributed by atoms with Crippen LogP contribution in [0.15, 0.2) is 24.3 Å². The van der Waals surface area contributed by atoms with Gasteiger partial charge in [0.15, 0.2) is 0 Å². The van der Waals surface area contributed by atoms with Gasteiger partial charge in [0.1, 0.15) is 5.00 Å². The highest BCUT2D eigenvalue weighted by Gasteiger charge is 2.27. The topological polar surface area (TPSA) is 110 Å². The molecule has 0 saturated heterocycles. The van der Waals surface area contributed by atoms with Crippen molar-refractivity contribution in [3.63, 3.8) is 0 Å². The number of thiophene rings is 1. The van der Waals surface area contributed by atoms with Gasteiger partial charge >= 0.3 is 5.97 Å². The molecule has 0 spiro atoms. The summed E-state index contributed by atoms with van der Waals surface area (Å²) >= 11 is 1.29. The van der Waals surface area contributed by atoms with Gasteiger partial charge in [0.05, 0.1) is 10.5 Å². The Balaban J connectivity index is 1.86. The minimum atomic E-state index is -1.05. The van der Waals surface area contributed by atoms with Crippen LogP contribution in [0.1, 0.15) is 37.6 Å². The maximum absolute atomic E-state index is 12.2. The van der Waals surface area contributed by atoms with Gasteiger partial charge in [0.2, 0.25) is 0 Å². The summed E-state index contributed by atoms with van der Waals surface area (Å²) in [6.07, 6.45) is 2.46. The van der Waals surface area contributed by atoms with Gasteiger partial charge in [-0.25, -0.2) is 4.79 Å². The molecule has 1 aliphatic rings. The zero-order valence-corrected chi connectivity index (χ0v) is 12.7. The van der Waals surface area contributed by atoms with Crippen molar-refractivity contribution in [2.24, 2.45) is 0 Å². The highest BCUT2D eigenvalue weighted by atomic mass is 32.1. The smallest absolute Gasteiger partial charge is 0.339 e. The Labute approximate surface area is 134 Å². The van der Waals surface area contributed by atoms with Crippen LogP contribution in [0.25, 0.3) is 0 Å². The van der Waals surface area contributed by atoms with Crippen molar-refractivity contribution in [1.29, 1.82) is 0 Å². The van der Waals surface area contributed by atoms with Crippen LogP contribution in [0.4, 0.5) is 10.7 Å². The first-order valence-corrected chi connectivity index (χ1v) is 7.72. The summed E-state index contributed by atoms with van der Waals surface area (Å²) in [7, 11) is 0. The minimum Gasteiger partial charge on any atom is -0.478 e. The number of fused-ring (bicyclic) bond motifs is 1. The molecule has 1 amide bonds. The zero-order valence-electron chi connectivity index (χ0n) is 11.9. The number of carbonyl (C=O) groups is 2. The van der Waals surface area contributed by atoms with Crippen LogP contribution in [0, 0.1) is 10.1 Å². The number of non-ortho nitro benzene ring substituents is 1. The lowest BCUT2D eigenvalue weighted by Gasteiger charge is -2.05. The molecule has 0 unspecified atom stereocenters. The number of nitro groups is 1. The molecule has 1 aromatic heterocycles. The molecule has 2 aromatic rings. The Hall–Kier alpha value is -2.74. The molecule has 1 aliphatic carbocycles. The number of nitrogens with zero attached hydrogens (tertiary/aromatic N) is 1. The molecule has 1 aromatic carbocycles. The van der Waals surface area contributed by atoms with E-state index in [0.29, 0.717) is 11.4 Å². The second kappa shape index (κ2) is 5.81. The normalized spacial score (nSPS) is 12.7. The fraction of sp³-hybridized carbons (Fsp3) is 0.200. The molecule has 0 atom stereocenters. The summed E-state index contributed by atoms with van der Waals surface area (Å²) in [6, 6.07) is 5.16. The maximum Gasteiger partial charge on any atom is 0.339 e. The average molecular weight is 332 g/mol. The summed E-state index contributed by atoms with van der Waals surface area (Å²) in [5.41, 5.74) is 1.10. The molecule has 2 N–H and O–H groups in total. The Morgan fingerprint density at radius 3 is 2.52 bits per heavy atom. The number of rotatable bonds is 4. The predicted molar refractivity (Wildman–Crippen MR) is 84.4 cm³/mol. The van der Waals surface area contributed by atoms with E-state index in [1.165, 1.54) is 35.6 Å². The Kier molecular flexibility index (Phi) is 3.83. The van der Waals surface area contributed by atoms with Gasteiger partial charge in [-0.2, -0.15) is 0 Å². The third-order valence-electron chi connectivity index (χ3n) is 3.70. The standard InChI is InChI=1S/C15H12N2O5S/c18-13(8-4-6-9(7-5-8)17(21)22)16-14-12(15(19)20)10-2-1-3-11(10)23-14/h4-7H,1-3H2,(H,16,18)(H,19,20). The Morgan fingerprint density at radius 1 is 1.22 bits per heavy atom. The van der Waals surface area contributed by atoms with Crippen LogP contribution in [0.2, 0.25) is 0 Å². The summed E-state index contributed by atoms with van der Waals surface area (Å²) in [5.74, 6) is -1.54. The number of aromatic carboxylic acids is 1. The summed E-state index contributed by atoms with van der Waals surface area (Å²) in [6.45, 7) is 0. The van der Waals surface area contributed by atoms with E-state index in [2.05, 4.69) is 5.32 Å². The quantitative estimate of drug-likeness (QED) is 0.660. The molecule has 7 nitrogen and oxygen atoms in total. The molecular weight excluding hydrogens is 320 g/mol. The number of aryl methyl sites for hydroxylation is 1. The highest BCUT2D eigenvalue weighted by molar-refractivity contribution is 7.17. The first kappa shape index (κ1) is 15.2. The Morgan fingerprint density at radius 2 is 1.91 bits per heavy atom. The summed E-state index contributed by atoms with van der Waals surface area (Å²) < 4.78 is 0. The fourth-order valence-electron chi connectivity index (χ4n) is 2.63. The first-order chi connectivity index (χ1) is 11.0. The van der Waals surface area contributed by atoms with Crippen molar-refractivity contribution in [2.75, 3.05) is 5.32 Å². The summed E-state index contributed by atoms with van der Waals surface area (Å²) in [4.78, 5) is 34.8. The molecule has 0 aliphatic heterocycles. The molecule has 0 bridgehead atoms. The van der Waals surface area contributed by atoms with Crippen LogP contribution < -0.4 is 5.32 Å². The molecule has 118 valence electrons. The van der Waals surface area contributed by atoms with Gasteiger partial charge in [-0.15, -0.1) is 11.3 Å². The van der Waals surface area contributed by atoms with Crippen molar-refractivity contribution >= 4 is 33.9 Å². The molecule has 0 fully saturated rings. The third-order valence-corrected chi connectivity index (χ3v) is 4.91.